The molecule has 0 atom stereocenters. The molecule has 0 fully saturated rings. The fourth-order valence-corrected chi connectivity index (χ4v) is 1.87. The number of esters is 2. The maximum Gasteiger partial charge on any atom is 0.338 e. The van der Waals surface area contributed by atoms with Crippen LogP contribution in [0.4, 0.5) is 0 Å². The van der Waals surface area contributed by atoms with Crippen LogP contribution < -0.4 is 4.74 Å². The van der Waals surface area contributed by atoms with Crippen molar-refractivity contribution >= 4 is 34.5 Å². The van der Waals surface area contributed by atoms with Crippen LogP contribution in [-0.2, 0) is 14.2 Å². The summed E-state index contributed by atoms with van der Waals surface area (Å²) >= 11 is 2.22. The maximum absolute atomic E-state index is 11.7. The van der Waals surface area contributed by atoms with Crippen LogP contribution in [-0.4, -0.2) is 50.4 Å². The molecule has 1 aromatic rings. The van der Waals surface area contributed by atoms with Gasteiger partial charge in [0.1, 0.15) is 12.4 Å². The van der Waals surface area contributed by atoms with Crippen molar-refractivity contribution in [3.63, 3.8) is 0 Å². The monoisotopic (exact) mass is 408 g/mol. The SMILES string of the molecule is COC(=O)c1ccc(OCCOCCI)cc1C(=O)OC. The van der Waals surface area contributed by atoms with Crippen LogP contribution in [0.1, 0.15) is 20.7 Å². The zero-order valence-corrected chi connectivity index (χ0v) is 14.0. The van der Waals surface area contributed by atoms with Crippen LogP contribution in [0.2, 0.25) is 0 Å². The molecule has 0 N–H and O–H groups in total. The first-order chi connectivity index (χ1) is 10.1. The molecule has 0 aliphatic heterocycles. The summed E-state index contributed by atoms with van der Waals surface area (Å²) in [4.78, 5) is 23.3. The highest BCUT2D eigenvalue weighted by molar-refractivity contribution is 14.1. The standard InChI is InChI=1S/C14H17IO6/c1-18-13(16)11-4-3-10(9-12(11)14(17)19-2)21-8-7-20-6-5-15/h3-4,9H,5-8H2,1-2H3. The number of carbonyl (C=O) groups excluding carboxylic acids is 2. The van der Waals surface area contributed by atoms with Crippen LogP contribution in [0.5, 0.6) is 5.75 Å². The van der Waals surface area contributed by atoms with Crippen molar-refractivity contribution in [3.05, 3.63) is 29.3 Å². The van der Waals surface area contributed by atoms with E-state index < -0.39 is 11.9 Å². The van der Waals surface area contributed by atoms with Crippen molar-refractivity contribution in [1.82, 2.24) is 0 Å². The second kappa shape index (κ2) is 9.56. The molecule has 0 aromatic heterocycles. The van der Waals surface area contributed by atoms with Crippen LogP contribution in [0.3, 0.4) is 0 Å². The summed E-state index contributed by atoms with van der Waals surface area (Å²) in [6.45, 7) is 1.47. The molecule has 7 heteroatoms. The third-order valence-electron chi connectivity index (χ3n) is 2.52. The first-order valence-corrected chi connectivity index (χ1v) is 7.73. The first kappa shape index (κ1) is 17.7. The molecule has 0 aliphatic rings. The molecule has 1 aromatic carbocycles. The Hall–Kier alpha value is -1.35. The predicted molar refractivity (Wildman–Crippen MR) is 84.3 cm³/mol. The van der Waals surface area contributed by atoms with E-state index in [1.165, 1.54) is 26.4 Å². The highest BCUT2D eigenvalue weighted by atomic mass is 127. The van der Waals surface area contributed by atoms with E-state index in [9.17, 15) is 9.59 Å². The van der Waals surface area contributed by atoms with Gasteiger partial charge in [-0.2, -0.15) is 0 Å². The molecule has 116 valence electrons. The van der Waals surface area contributed by atoms with Crippen molar-refractivity contribution in [1.29, 1.82) is 0 Å². The Labute approximate surface area is 136 Å². The lowest BCUT2D eigenvalue weighted by Crippen LogP contribution is -2.13. The lowest BCUT2D eigenvalue weighted by molar-refractivity contribution is 0.0554. The van der Waals surface area contributed by atoms with Gasteiger partial charge in [0.2, 0.25) is 0 Å². The number of alkyl halides is 1. The fourth-order valence-electron chi connectivity index (χ4n) is 1.56. The first-order valence-electron chi connectivity index (χ1n) is 6.21. The van der Waals surface area contributed by atoms with E-state index in [-0.39, 0.29) is 11.1 Å². The Kier molecular flexibility index (Phi) is 8.06. The molecule has 0 heterocycles. The molecule has 0 spiro atoms. The average molecular weight is 408 g/mol. The Bertz CT molecular complexity index is 488. The highest BCUT2D eigenvalue weighted by Crippen LogP contribution is 2.19. The van der Waals surface area contributed by atoms with E-state index in [1.54, 1.807) is 6.07 Å². The number of methoxy groups -OCH3 is 2. The smallest absolute Gasteiger partial charge is 0.338 e. The third-order valence-corrected chi connectivity index (χ3v) is 2.96. The van der Waals surface area contributed by atoms with Gasteiger partial charge in [-0.3, -0.25) is 0 Å². The van der Waals surface area contributed by atoms with E-state index in [1.807, 2.05) is 0 Å². The van der Waals surface area contributed by atoms with Crippen LogP contribution in [0.15, 0.2) is 18.2 Å². The molecule has 1 rings (SSSR count). The Morgan fingerprint density at radius 3 is 2.29 bits per heavy atom. The van der Waals surface area contributed by atoms with Gasteiger partial charge in [-0.25, -0.2) is 9.59 Å². The Morgan fingerprint density at radius 2 is 1.67 bits per heavy atom. The summed E-state index contributed by atoms with van der Waals surface area (Å²) in [6.07, 6.45) is 0. The molecule has 0 bridgehead atoms. The van der Waals surface area contributed by atoms with Crippen LogP contribution in [0, 0.1) is 0 Å². The molecule has 0 radical (unpaired) electrons. The van der Waals surface area contributed by atoms with Crippen molar-refractivity contribution in [3.8, 4) is 5.75 Å². The second-order valence-corrected chi connectivity index (χ2v) is 4.92. The third kappa shape index (κ3) is 5.50. The number of benzene rings is 1. The van der Waals surface area contributed by atoms with Gasteiger partial charge in [0, 0.05) is 4.43 Å². The van der Waals surface area contributed by atoms with Gasteiger partial charge in [-0.05, 0) is 18.2 Å². The highest BCUT2D eigenvalue weighted by Gasteiger charge is 2.19. The Morgan fingerprint density at radius 1 is 1.00 bits per heavy atom. The largest absolute Gasteiger partial charge is 0.491 e. The van der Waals surface area contributed by atoms with Crippen LogP contribution in [0.25, 0.3) is 0 Å². The van der Waals surface area contributed by atoms with Gasteiger partial charge in [0.15, 0.2) is 0 Å². The summed E-state index contributed by atoms with van der Waals surface area (Å²) in [5.74, 6) is -0.768. The van der Waals surface area contributed by atoms with E-state index in [0.29, 0.717) is 25.6 Å². The lowest BCUT2D eigenvalue weighted by Gasteiger charge is -2.10. The summed E-state index contributed by atoms with van der Waals surface area (Å²) in [6, 6.07) is 4.52. The molecular weight excluding hydrogens is 391 g/mol. The molecule has 0 aliphatic carbocycles. The average Bonchev–Trinajstić information content (AvgIpc) is 2.53. The van der Waals surface area contributed by atoms with Crippen molar-refractivity contribution in [2.45, 2.75) is 0 Å². The fraction of sp³-hybridized carbons (Fsp3) is 0.429. The number of hydrogen-bond acceptors (Lipinski definition) is 6. The number of carbonyl (C=O) groups is 2. The quantitative estimate of drug-likeness (QED) is 0.284. The second-order valence-electron chi connectivity index (χ2n) is 3.84. The van der Waals surface area contributed by atoms with Gasteiger partial charge in [-0.15, -0.1) is 0 Å². The van der Waals surface area contributed by atoms with E-state index in [2.05, 4.69) is 32.1 Å². The zero-order valence-electron chi connectivity index (χ0n) is 11.9. The zero-order chi connectivity index (χ0) is 15.7. The molecule has 0 unspecified atom stereocenters. The molecular formula is C14H17IO6. The number of hydrogen-bond donors (Lipinski definition) is 0. The van der Waals surface area contributed by atoms with Crippen molar-refractivity contribution in [2.75, 3.05) is 38.5 Å². The minimum Gasteiger partial charge on any atom is -0.491 e. The van der Waals surface area contributed by atoms with Gasteiger partial charge in [-0.1, -0.05) is 22.6 Å². The molecule has 0 saturated carbocycles. The maximum atomic E-state index is 11.7. The van der Waals surface area contributed by atoms with E-state index in [4.69, 9.17) is 9.47 Å². The van der Waals surface area contributed by atoms with E-state index >= 15 is 0 Å². The molecule has 6 nitrogen and oxygen atoms in total. The molecule has 21 heavy (non-hydrogen) atoms. The number of rotatable bonds is 8. The minimum absolute atomic E-state index is 0.107. The lowest BCUT2D eigenvalue weighted by atomic mass is 10.1. The van der Waals surface area contributed by atoms with Crippen molar-refractivity contribution < 1.29 is 28.5 Å². The van der Waals surface area contributed by atoms with Gasteiger partial charge < -0.3 is 18.9 Å². The number of halogens is 1. The van der Waals surface area contributed by atoms with Gasteiger partial charge >= 0.3 is 11.9 Å². The van der Waals surface area contributed by atoms with Crippen molar-refractivity contribution in [2.24, 2.45) is 0 Å². The molecule has 0 amide bonds. The topological polar surface area (TPSA) is 71.1 Å². The minimum atomic E-state index is -0.623. The van der Waals surface area contributed by atoms with Gasteiger partial charge in [0.05, 0.1) is 38.6 Å². The van der Waals surface area contributed by atoms with Gasteiger partial charge in [0.25, 0.3) is 0 Å². The summed E-state index contributed by atoms with van der Waals surface area (Å²) in [7, 11) is 2.49. The normalized spacial score (nSPS) is 10.0. The summed E-state index contributed by atoms with van der Waals surface area (Å²) < 4.78 is 21.0. The van der Waals surface area contributed by atoms with Crippen LogP contribution >= 0.6 is 22.6 Å². The predicted octanol–water partition coefficient (Wildman–Crippen LogP) is 2.09. The van der Waals surface area contributed by atoms with E-state index in [0.717, 1.165) is 4.43 Å². The number of ether oxygens (including phenoxy) is 4. The Balaban J connectivity index is 2.79. The molecule has 0 saturated heterocycles. The summed E-state index contributed by atoms with van der Waals surface area (Å²) in [5, 5.41) is 0. The summed E-state index contributed by atoms with van der Waals surface area (Å²) in [5.41, 5.74) is 0.243.